The summed E-state index contributed by atoms with van der Waals surface area (Å²) in [6.45, 7) is 0. The van der Waals surface area contributed by atoms with Crippen LogP contribution < -0.4 is 9.46 Å². The van der Waals surface area contributed by atoms with Gasteiger partial charge in [-0.25, -0.2) is 0 Å². The molecule has 0 spiro atoms. The molecule has 0 saturated heterocycles. The fourth-order valence-corrected chi connectivity index (χ4v) is 2.01. The normalized spacial score (nSPS) is 13.1. The highest BCUT2D eigenvalue weighted by molar-refractivity contribution is 7.87. The molecule has 0 saturated carbocycles. The molecule has 1 atom stereocenters. The lowest BCUT2D eigenvalue weighted by Crippen LogP contribution is -2.37. The Morgan fingerprint density at radius 1 is 1.39 bits per heavy atom. The van der Waals surface area contributed by atoms with Crippen molar-refractivity contribution in [3.63, 3.8) is 0 Å². The third kappa shape index (κ3) is 3.20. The van der Waals surface area contributed by atoms with Crippen molar-refractivity contribution >= 4 is 10.2 Å². The number of rotatable bonds is 5. The molecule has 18 heavy (non-hydrogen) atoms. The maximum atomic E-state index is 11.7. The molecule has 6 nitrogen and oxygen atoms in total. The number of nitrogens with one attached hydrogen (secondary N) is 1. The zero-order valence-corrected chi connectivity index (χ0v) is 11.2. The molecule has 0 aromatic heterocycles. The van der Waals surface area contributed by atoms with Crippen LogP contribution in [0, 0.1) is 11.3 Å². The van der Waals surface area contributed by atoms with Crippen molar-refractivity contribution < 1.29 is 13.2 Å². The van der Waals surface area contributed by atoms with Crippen LogP contribution in [0.25, 0.3) is 0 Å². The molecule has 0 aliphatic carbocycles. The van der Waals surface area contributed by atoms with Crippen LogP contribution in [-0.4, -0.2) is 33.9 Å². The Labute approximate surface area is 107 Å². The minimum absolute atomic E-state index is 0.463. The molecule has 1 unspecified atom stereocenters. The van der Waals surface area contributed by atoms with Gasteiger partial charge in [0.25, 0.3) is 10.2 Å². The third-order valence-electron chi connectivity index (χ3n) is 2.33. The molecule has 1 rings (SSSR count). The van der Waals surface area contributed by atoms with Gasteiger partial charge in [0.15, 0.2) is 0 Å². The number of nitrogens with zero attached hydrogens (tertiary/aromatic N) is 2. The van der Waals surface area contributed by atoms with Crippen molar-refractivity contribution in [1.29, 1.82) is 5.26 Å². The molecule has 1 aromatic carbocycles. The quantitative estimate of drug-likeness (QED) is 0.851. The van der Waals surface area contributed by atoms with Crippen LogP contribution in [0.2, 0.25) is 0 Å². The van der Waals surface area contributed by atoms with Gasteiger partial charge in [0.1, 0.15) is 11.8 Å². The van der Waals surface area contributed by atoms with E-state index in [1.807, 2.05) is 6.07 Å². The highest BCUT2D eigenvalue weighted by atomic mass is 32.2. The lowest BCUT2D eigenvalue weighted by Gasteiger charge is -2.18. The molecule has 0 amide bonds. The number of hydrogen-bond donors (Lipinski definition) is 1. The first-order valence-electron chi connectivity index (χ1n) is 5.14. The van der Waals surface area contributed by atoms with Crippen LogP contribution in [0.15, 0.2) is 24.3 Å². The number of ether oxygens (including phenoxy) is 1. The van der Waals surface area contributed by atoms with Gasteiger partial charge in [-0.05, 0) is 6.07 Å². The minimum Gasteiger partial charge on any atom is -0.496 e. The molecule has 0 fully saturated rings. The SMILES string of the molecule is COc1ccccc1C(C#N)NS(=O)(=O)N(C)C. The Balaban J connectivity index is 3.09. The molecule has 1 N–H and O–H groups in total. The van der Waals surface area contributed by atoms with Crippen LogP contribution in [0.5, 0.6) is 5.75 Å². The fourth-order valence-electron chi connectivity index (χ4n) is 1.32. The standard InChI is InChI=1S/C11H15N3O3S/c1-14(2)18(15,16)13-10(8-12)9-6-4-5-7-11(9)17-3/h4-7,10,13H,1-3H3. The van der Waals surface area contributed by atoms with Crippen molar-refractivity contribution in [2.45, 2.75) is 6.04 Å². The van der Waals surface area contributed by atoms with Gasteiger partial charge in [-0.1, -0.05) is 18.2 Å². The smallest absolute Gasteiger partial charge is 0.280 e. The van der Waals surface area contributed by atoms with Crippen LogP contribution in [-0.2, 0) is 10.2 Å². The van der Waals surface area contributed by atoms with E-state index in [0.29, 0.717) is 11.3 Å². The average molecular weight is 269 g/mol. The fraction of sp³-hybridized carbons (Fsp3) is 0.364. The molecule has 7 heteroatoms. The Bertz CT molecular complexity index is 549. The maximum absolute atomic E-state index is 11.7. The van der Waals surface area contributed by atoms with Gasteiger partial charge in [-0.2, -0.15) is 22.7 Å². The van der Waals surface area contributed by atoms with Crippen molar-refractivity contribution in [2.24, 2.45) is 0 Å². The molecule has 0 aliphatic rings. The second-order valence-corrected chi connectivity index (χ2v) is 5.63. The molecule has 0 aliphatic heterocycles. The average Bonchev–Trinajstić information content (AvgIpc) is 2.35. The van der Waals surface area contributed by atoms with Gasteiger partial charge in [0.2, 0.25) is 0 Å². The first kappa shape index (κ1) is 14.4. The van der Waals surface area contributed by atoms with Crippen LogP contribution in [0.1, 0.15) is 11.6 Å². The van der Waals surface area contributed by atoms with Gasteiger partial charge in [-0.3, -0.25) is 0 Å². The molecule has 1 aromatic rings. The highest BCUT2D eigenvalue weighted by Gasteiger charge is 2.23. The Hall–Kier alpha value is -1.62. The largest absolute Gasteiger partial charge is 0.496 e. The summed E-state index contributed by atoms with van der Waals surface area (Å²) in [4.78, 5) is 0. The maximum Gasteiger partial charge on any atom is 0.280 e. The summed E-state index contributed by atoms with van der Waals surface area (Å²) in [5.74, 6) is 0.463. The van der Waals surface area contributed by atoms with Crippen molar-refractivity contribution in [3.05, 3.63) is 29.8 Å². The van der Waals surface area contributed by atoms with Crippen LogP contribution in [0.3, 0.4) is 0 Å². The topological polar surface area (TPSA) is 82.4 Å². The number of benzene rings is 1. The second-order valence-electron chi connectivity index (χ2n) is 3.71. The summed E-state index contributed by atoms with van der Waals surface area (Å²) >= 11 is 0. The van der Waals surface area contributed by atoms with Gasteiger partial charge < -0.3 is 4.74 Å². The van der Waals surface area contributed by atoms with E-state index in [2.05, 4.69) is 4.72 Å². The second kappa shape index (κ2) is 5.82. The predicted molar refractivity (Wildman–Crippen MR) is 67.1 cm³/mol. The van der Waals surface area contributed by atoms with E-state index in [1.54, 1.807) is 24.3 Å². The van der Waals surface area contributed by atoms with E-state index in [1.165, 1.54) is 21.2 Å². The van der Waals surface area contributed by atoms with Gasteiger partial charge in [-0.15, -0.1) is 0 Å². The Morgan fingerprint density at radius 2 is 2.00 bits per heavy atom. The first-order valence-corrected chi connectivity index (χ1v) is 6.58. The van der Waals surface area contributed by atoms with E-state index >= 15 is 0 Å². The number of methoxy groups -OCH3 is 1. The Kier molecular flexibility index (Phi) is 4.67. The lowest BCUT2D eigenvalue weighted by atomic mass is 10.1. The zero-order chi connectivity index (χ0) is 13.8. The Morgan fingerprint density at radius 3 is 2.50 bits per heavy atom. The predicted octanol–water partition coefficient (Wildman–Crippen LogP) is 0.656. The molecular formula is C11H15N3O3S. The van der Waals surface area contributed by atoms with E-state index in [9.17, 15) is 8.42 Å². The van der Waals surface area contributed by atoms with E-state index in [-0.39, 0.29) is 0 Å². The molecule has 0 bridgehead atoms. The van der Waals surface area contributed by atoms with Gasteiger partial charge >= 0.3 is 0 Å². The van der Waals surface area contributed by atoms with Crippen LogP contribution in [0.4, 0.5) is 0 Å². The van der Waals surface area contributed by atoms with E-state index in [0.717, 1.165) is 4.31 Å². The molecule has 0 radical (unpaired) electrons. The molecule has 98 valence electrons. The molecule has 0 heterocycles. The van der Waals surface area contributed by atoms with Crippen molar-refractivity contribution in [2.75, 3.05) is 21.2 Å². The number of hydrogen-bond acceptors (Lipinski definition) is 4. The lowest BCUT2D eigenvalue weighted by molar-refractivity contribution is 0.407. The summed E-state index contributed by atoms with van der Waals surface area (Å²) in [6, 6.07) is 7.69. The van der Waals surface area contributed by atoms with E-state index in [4.69, 9.17) is 10.00 Å². The van der Waals surface area contributed by atoms with Crippen LogP contribution >= 0.6 is 0 Å². The minimum atomic E-state index is -3.68. The molecular weight excluding hydrogens is 254 g/mol. The van der Waals surface area contributed by atoms with Gasteiger partial charge in [0, 0.05) is 19.7 Å². The van der Waals surface area contributed by atoms with Crippen molar-refractivity contribution in [1.82, 2.24) is 9.03 Å². The summed E-state index contributed by atoms with van der Waals surface area (Å²) in [5.41, 5.74) is 0.480. The summed E-state index contributed by atoms with van der Waals surface area (Å²) in [5, 5.41) is 9.09. The first-order chi connectivity index (χ1) is 8.42. The summed E-state index contributed by atoms with van der Waals surface area (Å²) < 4.78 is 31.8. The number of para-hydroxylation sites is 1. The third-order valence-corrected chi connectivity index (χ3v) is 3.82. The zero-order valence-electron chi connectivity index (χ0n) is 10.4. The summed E-state index contributed by atoms with van der Waals surface area (Å²) in [7, 11) is 0.564. The van der Waals surface area contributed by atoms with Crippen molar-refractivity contribution in [3.8, 4) is 11.8 Å². The monoisotopic (exact) mass is 269 g/mol. The summed E-state index contributed by atoms with van der Waals surface area (Å²) in [6.07, 6.45) is 0. The number of nitriles is 1. The highest BCUT2D eigenvalue weighted by Crippen LogP contribution is 2.24. The van der Waals surface area contributed by atoms with E-state index < -0.39 is 16.3 Å². The van der Waals surface area contributed by atoms with Gasteiger partial charge in [0.05, 0.1) is 13.2 Å².